The van der Waals surface area contributed by atoms with Gasteiger partial charge in [0.25, 0.3) is 10.0 Å². The van der Waals surface area contributed by atoms with Gasteiger partial charge in [-0.3, -0.25) is 4.72 Å². The minimum Gasteiger partial charge on any atom is -0.399 e. The van der Waals surface area contributed by atoms with Crippen LogP contribution in [-0.4, -0.2) is 13.4 Å². The minimum absolute atomic E-state index is 0.0603. The average molecular weight is 377 g/mol. The van der Waals surface area contributed by atoms with Gasteiger partial charge in [-0.25, -0.2) is 13.4 Å². The van der Waals surface area contributed by atoms with Crippen LogP contribution in [0.15, 0.2) is 39.8 Å². The van der Waals surface area contributed by atoms with Gasteiger partial charge in [-0.1, -0.05) is 11.6 Å². The van der Waals surface area contributed by atoms with Crippen LogP contribution in [-0.2, 0) is 10.0 Å². The SMILES string of the molecule is Cc1cc(NS(=O)(=O)c2cc(N)ccc2Br)cnc1Cl. The predicted octanol–water partition coefficient (Wildman–Crippen LogP) is 3.19. The fourth-order valence-electron chi connectivity index (χ4n) is 1.55. The topological polar surface area (TPSA) is 85.1 Å². The van der Waals surface area contributed by atoms with Crippen molar-refractivity contribution >= 4 is 48.9 Å². The molecule has 0 fully saturated rings. The lowest BCUT2D eigenvalue weighted by Crippen LogP contribution is -2.14. The number of rotatable bonds is 3. The van der Waals surface area contributed by atoms with Gasteiger partial charge in [0.2, 0.25) is 0 Å². The van der Waals surface area contributed by atoms with Gasteiger partial charge in [0, 0.05) is 10.2 Å². The molecule has 0 spiro atoms. The van der Waals surface area contributed by atoms with Crippen LogP contribution in [0.4, 0.5) is 11.4 Å². The first-order chi connectivity index (χ1) is 9.29. The molecule has 0 aliphatic carbocycles. The molecule has 106 valence electrons. The maximum Gasteiger partial charge on any atom is 0.263 e. The van der Waals surface area contributed by atoms with E-state index in [9.17, 15) is 8.42 Å². The zero-order valence-corrected chi connectivity index (χ0v) is 13.6. The van der Waals surface area contributed by atoms with Gasteiger partial charge in [0.15, 0.2) is 0 Å². The zero-order valence-electron chi connectivity index (χ0n) is 10.4. The van der Waals surface area contributed by atoms with Crippen LogP contribution in [0, 0.1) is 6.92 Å². The number of pyridine rings is 1. The molecule has 0 saturated heterocycles. The number of nitrogen functional groups attached to an aromatic ring is 1. The van der Waals surface area contributed by atoms with E-state index in [-0.39, 0.29) is 4.90 Å². The van der Waals surface area contributed by atoms with E-state index in [0.717, 1.165) is 0 Å². The van der Waals surface area contributed by atoms with E-state index in [1.165, 1.54) is 12.3 Å². The van der Waals surface area contributed by atoms with Gasteiger partial charge in [-0.15, -0.1) is 0 Å². The van der Waals surface area contributed by atoms with E-state index in [4.69, 9.17) is 17.3 Å². The molecule has 1 aromatic heterocycles. The summed E-state index contributed by atoms with van der Waals surface area (Å²) in [5.41, 5.74) is 6.99. The molecule has 0 atom stereocenters. The van der Waals surface area contributed by atoms with Crippen LogP contribution < -0.4 is 10.5 Å². The summed E-state index contributed by atoms with van der Waals surface area (Å²) in [6.07, 6.45) is 1.35. The van der Waals surface area contributed by atoms with Gasteiger partial charge in [-0.05, 0) is 52.7 Å². The van der Waals surface area contributed by atoms with Crippen LogP contribution in [0.5, 0.6) is 0 Å². The second kappa shape index (κ2) is 5.59. The molecule has 0 bridgehead atoms. The molecule has 2 rings (SSSR count). The third-order valence-corrected chi connectivity index (χ3v) is 5.28. The van der Waals surface area contributed by atoms with Crippen molar-refractivity contribution in [2.75, 3.05) is 10.5 Å². The lowest BCUT2D eigenvalue weighted by molar-refractivity contribution is 0.601. The summed E-state index contributed by atoms with van der Waals surface area (Å²) in [5.74, 6) is 0. The molecule has 3 N–H and O–H groups in total. The van der Waals surface area contributed by atoms with Crippen molar-refractivity contribution in [1.29, 1.82) is 0 Å². The van der Waals surface area contributed by atoms with Crippen molar-refractivity contribution in [1.82, 2.24) is 4.98 Å². The molecule has 1 aromatic carbocycles. The molecule has 0 aliphatic rings. The fraction of sp³-hybridized carbons (Fsp3) is 0.0833. The van der Waals surface area contributed by atoms with Crippen molar-refractivity contribution in [2.45, 2.75) is 11.8 Å². The molecule has 0 aliphatic heterocycles. The smallest absolute Gasteiger partial charge is 0.263 e. The number of sulfonamides is 1. The summed E-state index contributed by atoms with van der Waals surface area (Å²) in [4.78, 5) is 3.96. The average Bonchev–Trinajstić information content (AvgIpc) is 2.36. The number of hydrogen-bond acceptors (Lipinski definition) is 4. The van der Waals surface area contributed by atoms with Gasteiger partial charge in [0.05, 0.1) is 11.9 Å². The second-order valence-corrected chi connectivity index (χ2v) is 6.99. The first-order valence-electron chi connectivity index (χ1n) is 5.49. The van der Waals surface area contributed by atoms with E-state index in [2.05, 4.69) is 25.6 Å². The monoisotopic (exact) mass is 375 g/mol. The molecular weight excluding hydrogens is 366 g/mol. The highest BCUT2D eigenvalue weighted by Crippen LogP contribution is 2.26. The Bertz CT molecular complexity index is 765. The number of nitrogens with zero attached hydrogens (tertiary/aromatic N) is 1. The first kappa shape index (κ1) is 15.1. The van der Waals surface area contributed by atoms with Crippen molar-refractivity contribution in [3.8, 4) is 0 Å². The van der Waals surface area contributed by atoms with Gasteiger partial charge in [-0.2, -0.15) is 0 Å². The van der Waals surface area contributed by atoms with Crippen molar-refractivity contribution in [3.63, 3.8) is 0 Å². The first-order valence-corrected chi connectivity index (χ1v) is 8.15. The fourth-order valence-corrected chi connectivity index (χ4v) is 3.69. The van der Waals surface area contributed by atoms with Crippen molar-refractivity contribution < 1.29 is 8.42 Å². The summed E-state index contributed by atoms with van der Waals surface area (Å²) in [6, 6.07) is 6.17. The van der Waals surface area contributed by atoms with Crippen LogP contribution in [0.25, 0.3) is 0 Å². The Kier molecular flexibility index (Phi) is 4.22. The highest BCUT2D eigenvalue weighted by molar-refractivity contribution is 9.10. The second-order valence-electron chi connectivity index (χ2n) is 4.13. The Labute approximate surface area is 130 Å². The van der Waals surface area contributed by atoms with E-state index in [1.54, 1.807) is 25.1 Å². The minimum atomic E-state index is -3.76. The Morgan fingerprint density at radius 1 is 1.35 bits per heavy atom. The van der Waals surface area contributed by atoms with Crippen LogP contribution >= 0.6 is 27.5 Å². The maximum atomic E-state index is 12.3. The molecule has 8 heteroatoms. The highest BCUT2D eigenvalue weighted by atomic mass is 79.9. The summed E-state index contributed by atoms with van der Waals surface area (Å²) in [6.45, 7) is 1.74. The molecule has 0 saturated carbocycles. The van der Waals surface area contributed by atoms with Gasteiger partial charge in [0.1, 0.15) is 10.0 Å². The third-order valence-electron chi connectivity index (χ3n) is 2.51. The summed E-state index contributed by atoms with van der Waals surface area (Å²) in [7, 11) is -3.76. The Hall–Kier alpha value is -1.31. The largest absolute Gasteiger partial charge is 0.399 e. The number of nitrogens with two attached hydrogens (primary N) is 1. The number of aromatic nitrogens is 1. The van der Waals surface area contributed by atoms with E-state index in [1.807, 2.05) is 0 Å². The number of hydrogen-bond donors (Lipinski definition) is 2. The third kappa shape index (κ3) is 3.23. The highest BCUT2D eigenvalue weighted by Gasteiger charge is 2.18. The summed E-state index contributed by atoms with van der Waals surface area (Å²) in [5, 5.41) is 0.332. The lowest BCUT2D eigenvalue weighted by atomic mass is 10.3. The molecule has 0 radical (unpaired) electrons. The summed E-state index contributed by atoms with van der Waals surface area (Å²) >= 11 is 9.00. The van der Waals surface area contributed by atoms with Crippen LogP contribution in [0.1, 0.15) is 5.56 Å². The van der Waals surface area contributed by atoms with E-state index >= 15 is 0 Å². The maximum absolute atomic E-state index is 12.3. The lowest BCUT2D eigenvalue weighted by Gasteiger charge is -2.10. The normalized spacial score (nSPS) is 11.3. The summed E-state index contributed by atoms with van der Waals surface area (Å²) < 4.78 is 27.5. The molecule has 5 nitrogen and oxygen atoms in total. The van der Waals surface area contributed by atoms with Gasteiger partial charge >= 0.3 is 0 Å². The molecule has 0 unspecified atom stereocenters. The molecule has 1 heterocycles. The number of benzene rings is 1. The van der Waals surface area contributed by atoms with E-state index in [0.29, 0.717) is 26.6 Å². The number of aryl methyl sites for hydroxylation is 1. The Balaban J connectivity index is 2.40. The number of halogens is 2. The molecular formula is C12H11BrClN3O2S. The quantitative estimate of drug-likeness (QED) is 0.636. The van der Waals surface area contributed by atoms with Crippen molar-refractivity contribution in [2.24, 2.45) is 0 Å². The zero-order chi connectivity index (χ0) is 14.9. The van der Waals surface area contributed by atoms with Crippen molar-refractivity contribution in [3.05, 3.63) is 45.7 Å². The van der Waals surface area contributed by atoms with Crippen LogP contribution in [0.2, 0.25) is 5.15 Å². The Morgan fingerprint density at radius 3 is 2.70 bits per heavy atom. The molecule has 0 amide bonds. The standard InChI is InChI=1S/C12H11BrClN3O2S/c1-7-4-9(6-16-12(7)14)17-20(18,19)11-5-8(15)2-3-10(11)13/h2-6,17H,15H2,1H3. The number of anilines is 2. The van der Waals surface area contributed by atoms with E-state index < -0.39 is 10.0 Å². The van der Waals surface area contributed by atoms with Gasteiger partial charge < -0.3 is 5.73 Å². The Morgan fingerprint density at radius 2 is 2.05 bits per heavy atom. The van der Waals surface area contributed by atoms with Crippen LogP contribution in [0.3, 0.4) is 0 Å². The number of nitrogens with one attached hydrogen (secondary N) is 1. The molecule has 20 heavy (non-hydrogen) atoms. The predicted molar refractivity (Wildman–Crippen MR) is 83.3 cm³/mol. The molecule has 2 aromatic rings.